The highest BCUT2D eigenvalue weighted by atomic mass is 15.0. The van der Waals surface area contributed by atoms with E-state index < -0.39 is 5.41 Å². The van der Waals surface area contributed by atoms with Crippen molar-refractivity contribution in [1.82, 2.24) is 19.5 Å². The predicted octanol–water partition coefficient (Wildman–Crippen LogP) is 17.5. The Morgan fingerprint density at radius 1 is 0.365 bits per heavy atom. The largest absolute Gasteiger partial charge is 0.309 e. The van der Waals surface area contributed by atoms with Crippen molar-refractivity contribution in [2.45, 2.75) is 25.7 Å². The number of fused-ring (bicyclic) bond motifs is 8. The lowest BCUT2D eigenvalue weighted by molar-refractivity contribution is 0.647. The van der Waals surface area contributed by atoms with Crippen LogP contribution in [0.4, 0.5) is 0 Å². The van der Waals surface area contributed by atoms with E-state index >= 15 is 0 Å². The average Bonchev–Trinajstić information content (AvgIpc) is 4.05. The van der Waals surface area contributed by atoms with Crippen LogP contribution in [0.3, 0.4) is 0 Å². The molecule has 0 saturated heterocycles. The van der Waals surface area contributed by atoms with E-state index in [1.165, 1.54) is 82.6 Å². The molecule has 74 heavy (non-hydrogen) atoms. The van der Waals surface area contributed by atoms with Crippen LogP contribution in [-0.4, -0.2) is 19.5 Å². The Bertz CT molecular complexity index is 4150. The van der Waals surface area contributed by atoms with Crippen molar-refractivity contribution < 1.29 is 0 Å². The van der Waals surface area contributed by atoms with Crippen LogP contribution in [0.25, 0.3) is 105 Å². The van der Waals surface area contributed by atoms with Gasteiger partial charge in [0.1, 0.15) is 0 Å². The highest BCUT2D eigenvalue weighted by molar-refractivity contribution is 6.10. The molecule has 13 aromatic rings. The third-order valence-corrected chi connectivity index (χ3v) is 15.3. The Morgan fingerprint density at radius 3 is 1.42 bits per heavy atom. The lowest BCUT2D eigenvalue weighted by Gasteiger charge is -2.34. The van der Waals surface area contributed by atoms with Gasteiger partial charge in [-0.25, -0.2) is 15.0 Å². The average molecular weight is 947 g/mol. The fraction of sp³-hybridized carbons (Fsp3) is 0.0714. The fourth-order valence-corrected chi connectivity index (χ4v) is 11.9. The van der Waals surface area contributed by atoms with Crippen LogP contribution in [0.2, 0.25) is 0 Å². The molecule has 0 atom stereocenters. The number of hydrogen-bond acceptors (Lipinski definition) is 3. The van der Waals surface area contributed by atoms with Crippen molar-refractivity contribution >= 4 is 43.4 Å². The van der Waals surface area contributed by atoms with E-state index in [1.807, 2.05) is 0 Å². The lowest BCUT2D eigenvalue weighted by atomic mass is 9.67. The van der Waals surface area contributed by atoms with E-state index in [-0.39, 0.29) is 0 Å². The summed E-state index contributed by atoms with van der Waals surface area (Å²) >= 11 is 0. The number of rotatable bonds is 9. The molecule has 0 N–H and O–H groups in total. The van der Waals surface area contributed by atoms with Gasteiger partial charge in [0.15, 0.2) is 17.5 Å². The zero-order valence-corrected chi connectivity index (χ0v) is 41.2. The Kier molecular flexibility index (Phi) is 10.3. The zero-order valence-electron chi connectivity index (χ0n) is 41.2. The highest BCUT2D eigenvalue weighted by Gasteiger charge is 2.46. The van der Waals surface area contributed by atoms with Crippen molar-refractivity contribution in [3.63, 3.8) is 0 Å². The van der Waals surface area contributed by atoms with Gasteiger partial charge in [-0.1, -0.05) is 220 Å². The maximum atomic E-state index is 5.23. The zero-order chi connectivity index (χ0) is 49.3. The molecule has 0 radical (unpaired) electrons. The molecule has 0 aliphatic heterocycles. The molecule has 0 fully saturated rings. The number of nitrogens with zero attached hydrogens (tertiary/aromatic N) is 4. The molecule has 0 unspecified atom stereocenters. The van der Waals surface area contributed by atoms with Gasteiger partial charge in [-0.15, -0.1) is 0 Å². The Balaban J connectivity index is 0.893. The van der Waals surface area contributed by atoms with E-state index in [0.717, 1.165) is 39.6 Å². The number of hydrogen-bond donors (Lipinski definition) is 0. The minimum Gasteiger partial charge on any atom is -0.309 e. The molecule has 0 amide bonds. The summed E-state index contributed by atoms with van der Waals surface area (Å²) < 4.78 is 2.43. The van der Waals surface area contributed by atoms with Gasteiger partial charge in [-0.05, 0) is 126 Å². The van der Waals surface area contributed by atoms with Crippen LogP contribution in [-0.2, 0) is 11.8 Å². The summed E-state index contributed by atoms with van der Waals surface area (Å²) in [6, 6.07) is 90.8. The summed E-state index contributed by atoms with van der Waals surface area (Å²) in [6.07, 6.45) is 1.09. The van der Waals surface area contributed by atoms with Crippen LogP contribution in [0.15, 0.2) is 249 Å². The quantitative estimate of drug-likeness (QED) is 0.145. The second kappa shape index (κ2) is 17.5. The minimum atomic E-state index is -0.601. The molecule has 2 heterocycles. The van der Waals surface area contributed by atoms with Crippen molar-refractivity contribution in [2.24, 2.45) is 5.92 Å². The maximum Gasteiger partial charge on any atom is 0.164 e. The monoisotopic (exact) mass is 946 g/mol. The molecule has 1 aliphatic carbocycles. The number of para-hydroxylation sites is 1. The molecule has 2 aromatic heterocycles. The van der Waals surface area contributed by atoms with Gasteiger partial charge in [-0.3, -0.25) is 0 Å². The Morgan fingerprint density at radius 2 is 0.824 bits per heavy atom. The molecule has 4 nitrogen and oxygen atoms in total. The summed E-state index contributed by atoms with van der Waals surface area (Å²) in [5.41, 5.74) is 17.0. The number of aromatic nitrogens is 4. The van der Waals surface area contributed by atoms with Gasteiger partial charge in [0.05, 0.1) is 16.4 Å². The predicted molar refractivity (Wildman–Crippen MR) is 307 cm³/mol. The first kappa shape index (κ1) is 43.5. The summed E-state index contributed by atoms with van der Waals surface area (Å²) in [7, 11) is 0. The summed E-state index contributed by atoms with van der Waals surface area (Å²) in [5, 5.41) is 7.12. The lowest BCUT2D eigenvalue weighted by Crippen LogP contribution is -2.28. The van der Waals surface area contributed by atoms with Crippen molar-refractivity contribution in [2.75, 3.05) is 0 Å². The fourth-order valence-electron chi connectivity index (χ4n) is 11.9. The van der Waals surface area contributed by atoms with Crippen molar-refractivity contribution in [3.05, 3.63) is 277 Å². The normalized spacial score (nSPS) is 12.7. The molecule has 14 rings (SSSR count). The van der Waals surface area contributed by atoms with E-state index in [4.69, 9.17) is 15.0 Å². The SMILES string of the molecule is CC(C)Cc1ccc(-c2ccc3c(c2)c2ccccc2n3-c2ccc(C3(c4ccc(-c5nc(-c6ccc7ccccc7c6)nc(-c6ccc7ccccc7c6)n5)cc4)c4ccccc4-c4ccccc43)cc2)cc1. The van der Waals surface area contributed by atoms with Crippen molar-refractivity contribution in [1.29, 1.82) is 0 Å². The smallest absolute Gasteiger partial charge is 0.164 e. The molecule has 350 valence electrons. The van der Waals surface area contributed by atoms with Gasteiger partial charge in [-0.2, -0.15) is 0 Å². The van der Waals surface area contributed by atoms with E-state index in [9.17, 15) is 0 Å². The molecule has 1 aliphatic rings. The van der Waals surface area contributed by atoms with Gasteiger partial charge >= 0.3 is 0 Å². The molecule has 4 heteroatoms. The molecule has 11 aromatic carbocycles. The highest BCUT2D eigenvalue weighted by Crippen LogP contribution is 2.56. The summed E-state index contributed by atoms with van der Waals surface area (Å²) in [4.78, 5) is 15.6. The van der Waals surface area contributed by atoms with Crippen LogP contribution in [0, 0.1) is 5.92 Å². The van der Waals surface area contributed by atoms with Crippen LogP contribution >= 0.6 is 0 Å². The molecule has 0 bridgehead atoms. The molecule has 0 spiro atoms. The second-order valence-electron chi connectivity index (χ2n) is 20.3. The summed E-state index contributed by atoms with van der Waals surface area (Å²) in [5.74, 6) is 2.53. The van der Waals surface area contributed by atoms with Crippen LogP contribution in [0.5, 0.6) is 0 Å². The first-order valence-electron chi connectivity index (χ1n) is 25.7. The van der Waals surface area contributed by atoms with Gasteiger partial charge in [0.25, 0.3) is 0 Å². The number of benzene rings is 11. The third kappa shape index (κ3) is 7.16. The van der Waals surface area contributed by atoms with Gasteiger partial charge in [0.2, 0.25) is 0 Å². The minimum absolute atomic E-state index is 0.601. The maximum absolute atomic E-state index is 5.23. The van der Waals surface area contributed by atoms with Crippen molar-refractivity contribution in [3.8, 4) is 62.1 Å². The van der Waals surface area contributed by atoms with E-state index in [2.05, 4.69) is 267 Å². The first-order chi connectivity index (χ1) is 36.5. The van der Waals surface area contributed by atoms with Crippen LogP contribution in [0.1, 0.15) is 41.7 Å². The standard InChI is InChI=1S/C70H50N4/c1-45(2)41-46-23-25-49(26-24-46)53-33-40-66-62(44-53)61-19-9-12-22-65(61)74(66)58-38-36-57(37-39-58)70(63-20-10-7-17-59(63)60-18-8-11-21-64(60)70)56-34-31-50(32-35-56)67-71-68(54-29-27-47-13-3-5-15-51(47)42-54)73-69(72-67)55-30-28-48-14-4-6-16-52(48)43-55/h3-40,42-45H,41H2,1-2H3. The summed E-state index contributed by atoms with van der Waals surface area (Å²) in [6.45, 7) is 4.55. The Labute approximate surface area is 431 Å². The van der Waals surface area contributed by atoms with Gasteiger partial charge < -0.3 is 4.57 Å². The molecular formula is C70H50N4. The van der Waals surface area contributed by atoms with E-state index in [1.54, 1.807) is 0 Å². The topological polar surface area (TPSA) is 43.6 Å². The van der Waals surface area contributed by atoms with Crippen LogP contribution < -0.4 is 0 Å². The first-order valence-corrected chi connectivity index (χ1v) is 25.7. The van der Waals surface area contributed by atoms with E-state index in [0.29, 0.717) is 23.4 Å². The third-order valence-electron chi connectivity index (χ3n) is 15.3. The molecule has 0 saturated carbocycles. The Hall–Kier alpha value is -9.25. The second-order valence-corrected chi connectivity index (χ2v) is 20.3. The molecular weight excluding hydrogens is 897 g/mol. The van der Waals surface area contributed by atoms with Gasteiger partial charge in [0, 0.05) is 33.2 Å².